The Morgan fingerprint density at radius 2 is 1.44 bits per heavy atom. The molecular weight excluding hydrogens is 112 g/mol. The molecule has 0 unspecified atom stereocenters. The van der Waals surface area contributed by atoms with Gasteiger partial charge in [-0.05, 0) is 12.8 Å². The molecule has 0 fully saturated rings. The molecule has 0 aromatic carbocycles. The van der Waals surface area contributed by atoms with Crippen molar-refractivity contribution in [2.75, 3.05) is 0 Å². The van der Waals surface area contributed by atoms with Crippen molar-refractivity contribution in [1.82, 2.24) is 0 Å². The first-order chi connectivity index (χ1) is 3.81. The molecule has 0 aromatic rings. The van der Waals surface area contributed by atoms with Gasteiger partial charge in [0.25, 0.3) is 0 Å². The third-order valence-electron chi connectivity index (χ3n) is 1.06. The average Bonchev–Trinajstić information content (AvgIpc) is 1.68. The SMILES string of the molecule is C.CCCC(=O)CCC. The van der Waals surface area contributed by atoms with Crippen LogP contribution in [0.15, 0.2) is 0 Å². The summed E-state index contributed by atoms with van der Waals surface area (Å²) in [5, 5.41) is 0. The van der Waals surface area contributed by atoms with Gasteiger partial charge in [-0.3, -0.25) is 4.79 Å². The van der Waals surface area contributed by atoms with Crippen LogP contribution in [-0.4, -0.2) is 5.78 Å². The van der Waals surface area contributed by atoms with E-state index in [1.807, 2.05) is 13.8 Å². The van der Waals surface area contributed by atoms with E-state index in [2.05, 4.69) is 0 Å². The average molecular weight is 130 g/mol. The number of Topliss-reactive ketones (excluding diaryl/α,β-unsaturated/α-hetero) is 1. The number of rotatable bonds is 4. The van der Waals surface area contributed by atoms with Crippen LogP contribution in [-0.2, 0) is 4.79 Å². The zero-order valence-electron chi connectivity index (χ0n) is 5.74. The molecule has 0 bridgehead atoms. The van der Waals surface area contributed by atoms with Gasteiger partial charge in [0, 0.05) is 12.8 Å². The molecule has 1 nitrogen and oxygen atoms in total. The minimum atomic E-state index is 0. The maximum atomic E-state index is 10.6. The fourth-order valence-electron chi connectivity index (χ4n) is 0.683. The monoisotopic (exact) mass is 130 g/mol. The summed E-state index contributed by atoms with van der Waals surface area (Å²) in [6.45, 7) is 4.07. The molecule has 0 heterocycles. The van der Waals surface area contributed by atoms with Gasteiger partial charge in [0.15, 0.2) is 0 Å². The van der Waals surface area contributed by atoms with Crippen molar-refractivity contribution >= 4 is 5.78 Å². The van der Waals surface area contributed by atoms with Crippen molar-refractivity contribution in [1.29, 1.82) is 0 Å². The molecule has 0 atom stereocenters. The fourth-order valence-corrected chi connectivity index (χ4v) is 0.683. The lowest BCUT2D eigenvalue weighted by Crippen LogP contribution is -1.93. The molecule has 0 spiro atoms. The standard InChI is InChI=1S/C7H14O.CH4/c1-3-5-7(8)6-4-2;/h3-6H2,1-2H3;1H4. The molecule has 56 valence electrons. The molecule has 9 heavy (non-hydrogen) atoms. The van der Waals surface area contributed by atoms with Crippen LogP contribution < -0.4 is 0 Å². The number of ketones is 1. The predicted octanol–water partition coefficient (Wildman–Crippen LogP) is 2.79. The Hall–Kier alpha value is -0.330. The van der Waals surface area contributed by atoms with E-state index in [1.54, 1.807) is 0 Å². The normalized spacial score (nSPS) is 8.22. The van der Waals surface area contributed by atoms with Gasteiger partial charge in [0.1, 0.15) is 5.78 Å². The molecule has 0 saturated carbocycles. The minimum Gasteiger partial charge on any atom is -0.300 e. The molecule has 0 N–H and O–H groups in total. The fraction of sp³-hybridized carbons (Fsp3) is 0.875. The molecule has 0 aliphatic rings. The highest BCUT2D eigenvalue weighted by molar-refractivity contribution is 5.78. The van der Waals surface area contributed by atoms with E-state index in [9.17, 15) is 4.79 Å². The van der Waals surface area contributed by atoms with Crippen LogP contribution in [0.5, 0.6) is 0 Å². The van der Waals surface area contributed by atoms with E-state index < -0.39 is 0 Å². The smallest absolute Gasteiger partial charge is 0.132 e. The summed E-state index contributed by atoms with van der Waals surface area (Å²) in [6.07, 6.45) is 3.54. The van der Waals surface area contributed by atoms with Crippen molar-refractivity contribution < 1.29 is 4.79 Å². The van der Waals surface area contributed by atoms with E-state index >= 15 is 0 Å². The molecule has 0 radical (unpaired) electrons. The van der Waals surface area contributed by atoms with Crippen LogP contribution in [0, 0.1) is 0 Å². The van der Waals surface area contributed by atoms with Gasteiger partial charge in [0.2, 0.25) is 0 Å². The molecule has 0 aromatic heterocycles. The Bertz CT molecular complexity index is 59.0. The third kappa shape index (κ3) is 7.67. The largest absolute Gasteiger partial charge is 0.300 e. The quantitative estimate of drug-likeness (QED) is 0.572. The van der Waals surface area contributed by atoms with Gasteiger partial charge >= 0.3 is 0 Å². The van der Waals surface area contributed by atoms with E-state index in [1.165, 1.54) is 0 Å². The molecule has 0 aliphatic heterocycles. The highest BCUT2D eigenvalue weighted by Crippen LogP contribution is 1.95. The summed E-state index contributed by atoms with van der Waals surface area (Å²) in [7, 11) is 0. The molecule has 0 amide bonds. The first kappa shape index (κ1) is 11.5. The number of hydrogen-bond acceptors (Lipinski definition) is 1. The maximum Gasteiger partial charge on any atom is 0.132 e. The highest BCUT2D eigenvalue weighted by Gasteiger charge is 1.94. The van der Waals surface area contributed by atoms with E-state index in [0.29, 0.717) is 5.78 Å². The molecule has 0 saturated heterocycles. The van der Waals surface area contributed by atoms with Crippen molar-refractivity contribution in [2.24, 2.45) is 0 Å². The zero-order chi connectivity index (χ0) is 6.41. The third-order valence-corrected chi connectivity index (χ3v) is 1.06. The second kappa shape index (κ2) is 7.67. The zero-order valence-corrected chi connectivity index (χ0v) is 5.74. The Kier molecular flexibility index (Phi) is 9.77. The summed E-state index contributed by atoms with van der Waals surface area (Å²) in [5.74, 6) is 0.412. The van der Waals surface area contributed by atoms with Gasteiger partial charge in [-0.25, -0.2) is 0 Å². The maximum absolute atomic E-state index is 10.6. The minimum absolute atomic E-state index is 0. The molecule has 1 heteroatoms. The Morgan fingerprint density at radius 3 is 1.67 bits per heavy atom. The van der Waals surface area contributed by atoms with E-state index in [0.717, 1.165) is 25.7 Å². The summed E-state index contributed by atoms with van der Waals surface area (Å²) < 4.78 is 0. The Labute approximate surface area is 58.5 Å². The number of carbonyl (C=O) groups excluding carboxylic acids is 1. The van der Waals surface area contributed by atoms with Crippen LogP contribution >= 0.6 is 0 Å². The number of hydrogen-bond donors (Lipinski definition) is 0. The lowest BCUT2D eigenvalue weighted by Gasteiger charge is -1.91. The van der Waals surface area contributed by atoms with Crippen LogP contribution in [0.1, 0.15) is 47.0 Å². The van der Waals surface area contributed by atoms with Gasteiger partial charge in [0.05, 0.1) is 0 Å². The van der Waals surface area contributed by atoms with Gasteiger partial charge in [-0.15, -0.1) is 0 Å². The first-order valence-corrected chi connectivity index (χ1v) is 3.33. The first-order valence-electron chi connectivity index (χ1n) is 3.33. The highest BCUT2D eigenvalue weighted by atomic mass is 16.1. The van der Waals surface area contributed by atoms with Gasteiger partial charge < -0.3 is 0 Å². The van der Waals surface area contributed by atoms with Crippen LogP contribution in [0.4, 0.5) is 0 Å². The Balaban J connectivity index is 0. The van der Waals surface area contributed by atoms with Crippen molar-refractivity contribution in [3.8, 4) is 0 Å². The summed E-state index contributed by atoms with van der Waals surface area (Å²) >= 11 is 0. The second-order valence-corrected chi connectivity index (χ2v) is 2.04. The van der Waals surface area contributed by atoms with Crippen molar-refractivity contribution in [2.45, 2.75) is 47.0 Å². The number of carbonyl (C=O) groups is 1. The van der Waals surface area contributed by atoms with E-state index in [-0.39, 0.29) is 7.43 Å². The van der Waals surface area contributed by atoms with E-state index in [4.69, 9.17) is 0 Å². The summed E-state index contributed by atoms with van der Waals surface area (Å²) in [5.41, 5.74) is 0. The topological polar surface area (TPSA) is 17.1 Å². The van der Waals surface area contributed by atoms with Gasteiger partial charge in [-0.2, -0.15) is 0 Å². The van der Waals surface area contributed by atoms with Crippen LogP contribution in [0.25, 0.3) is 0 Å². The molecule has 0 aliphatic carbocycles. The lowest BCUT2D eigenvalue weighted by atomic mass is 10.1. The van der Waals surface area contributed by atoms with Crippen LogP contribution in [0.3, 0.4) is 0 Å². The van der Waals surface area contributed by atoms with Crippen molar-refractivity contribution in [3.63, 3.8) is 0 Å². The van der Waals surface area contributed by atoms with Gasteiger partial charge in [-0.1, -0.05) is 21.3 Å². The van der Waals surface area contributed by atoms with Crippen LogP contribution in [0.2, 0.25) is 0 Å². The summed E-state index contributed by atoms with van der Waals surface area (Å²) in [6, 6.07) is 0. The second-order valence-electron chi connectivity index (χ2n) is 2.04. The predicted molar refractivity (Wildman–Crippen MR) is 41.6 cm³/mol. The van der Waals surface area contributed by atoms with Crippen molar-refractivity contribution in [3.05, 3.63) is 0 Å². The molecule has 0 rings (SSSR count). The molecular formula is C8H18O. The lowest BCUT2D eigenvalue weighted by molar-refractivity contribution is -0.119. The summed E-state index contributed by atoms with van der Waals surface area (Å²) in [4.78, 5) is 10.6. The Morgan fingerprint density at radius 1 is 1.11 bits per heavy atom.